The van der Waals surface area contributed by atoms with Crippen molar-refractivity contribution in [2.45, 2.75) is 65.5 Å². The molecule has 1 aromatic carbocycles. The first-order valence-electron chi connectivity index (χ1n) is 14.2. The SMILES string of the molecule is CC(C)N1CCN(C23C(=O)C(C)([C@@H]4CCN(c5ccc(-n6cccc6)cc5)C4)CCC2C3(C)C)CC1. The number of hydrogen-bond acceptors (Lipinski definition) is 4. The van der Waals surface area contributed by atoms with Gasteiger partial charge in [-0.2, -0.15) is 0 Å². The Labute approximate surface area is 217 Å². The van der Waals surface area contributed by atoms with E-state index in [0.717, 1.165) is 52.1 Å². The molecule has 2 aliphatic carbocycles. The Balaban J connectivity index is 1.20. The minimum atomic E-state index is -0.241. The minimum Gasteiger partial charge on any atom is -0.371 e. The zero-order chi connectivity index (χ0) is 25.3. The van der Waals surface area contributed by atoms with Gasteiger partial charge in [0.25, 0.3) is 0 Å². The number of carbonyl (C=O) groups excluding carboxylic acids is 1. The zero-order valence-corrected chi connectivity index (χ0v) is 22.9. The van der Waals surface area contributed by atoms with E-state index < -0.39 is 0 Å². The van der Waals surface area contributed by atoms with E-state index in [2.05, 4.69) is 103 Å². The van der Waals surface area contributed by atoms with Gasteiger partial charge in [0, 0.05) is 74.5 Å². The molecule has 0 amide bonds. The van der Waals surface area contributed by atoms with Crippen LogP contribution in [-0.4, -0.2) is 71.0 Å². The number of ketones is 1. The number of hydrogen-bond donors (Lipinski definition) is 0. The maximum absolute atomic E-state index is 14.7. The van der Waals surface area contributed by atoms with Crippen LogP contribution < -0.4 is 4.90 Å². The van der Waals surface area contributed by atoms with Crippen molar-refractivity contribution >= 4 is 11.5 Å². The third-order valence-electron chi connectivity index (χ3n) is 10.8. The Morgan fingerprint density at radius 1 is 0.861 bits per heavy atom. The number of rotatable bonds is 5. The molecule has 194 valence electrons. The van der Waals surface area contributed by atoms with Crippen LogP contribution in [0.25, 0.3) is 5.69 Å². The Hall–Kier alpha value is -2.11. The van der Waals surface area contributed by atoms with Gasteiger partial charge < -0.3 is 9.47 Å². The van der Waals surface area contributed by atoms with E-state index in [0.29, 0.717) is 23.7 Å². The standard InChI is InChI=1S/C31H44N4O/c1-23(2)32-18-20-35(21-19-32)31-27(29(31,3)4)12-14-30(5,28(31)36)24-13-17-34(22-24)26-10-8-25(9-11-26)33-15-6-7-16-33/h6-11,15-16,23-24,27H,12-14,17-22H2,1-5H3/t24-,27?,30?,31?/m1/s1. The van der Waals surface area contributed by atoms with E-state index in [1.807, 2.05) is 0 Å². The molecule has 2 aliphatic heterocycles. The molecule has 2 saturated carbocycles. The van der Waals surface area contributed by atoms with Gasteiger partial charge in [0.05, 0.1) is 5.54 Å². The summed E-state index contributed by atoms with van der Waals surface area (Å²) >= 11 is 0. The number of carbonyl (C=O) groups is 1. The molecule has 0 N–H and O–H groups in total. The largest absolute Gasteiger partial charge is 0.371 e. The maximum Gasteiger partial charge on any atom is 0.160 e. The van der Waals surface area contributed by atoms with Crippen molar-refractivity contribution < 1.29 is 4.79 Å². The molecule has 2 aromatic rings. The lowest BCUT2D eigenvalue weighted by Gasteiger charge is -2.48. The highest BCUT2D eigenvalue weighted by atomic mass is 16.1. The second-order valence-electron chi connectivity index (χ2n) is 13.0. The van der Waals surface area contributed by atoms with E-state index in [-0.39, 0.29) is 16.4 Å². The molecule has 3 unspecified atom stereocenters. The highest BCUT2D eigenvalue weighted by Crippen LogP contribution is 2.73. The third kappa shape index (κ3) is 3.38. The average Bonchev–Trinajstić information content (AvgIpc) is 3.39. The molecule has 2 saturated heterocycles. The molecule has 1 aromatic heterocycles. The van der Waals surface area contributed by atoms with Crippen LogP contribution in [-0.2, 0) is 4.79 Å². The second kappa shape index (κ2) is 8.46. The molecule has 5 nitrogen and oxygen atoms in total. The molecule has 3 heterocycles. The molecule has 0 radical (unpaired) electrons. The molecule has 4 atom stereocenters. The van der Waals surface area contributed by atoms with Crippen LogP contribution in [0, 0.1) is 22.7 Å². The zero-order valence-electron chi connectivity index (χ0n) is 22.9. The van der Waals surface area contributed by atoms with Crippen molar-refractivity contribution in [2.24, 2.45) is 22.7 Å². The van der Waals surface area contributed by atoms with Gasteiger partial charge in [-0.3, -0.25) is 14.6 Å². The van der Waals surface area contributed by atoms with Gasteiger partial charge >= 0.3 is 0 Å². The van der Waals surface area contributed by atoms with Crippen LogP contribution in [0.4, 0.5) is 5.69 Å². The summed E-state index contributed by atoms with van der Waals surface area (Å²) < 4.78 is 2.15. The quantitative estimate of drug-likeness (QED) is 0.587. The number of benzene rings is 1. The van der Waals surface area contributed by atoms with Crippen LogP contribution >= 0.6 is 0 Å². The normalized spacial score (nSPS) is 34.8. The van der Waals surface area contributed by atoms with Crippen LogP contribution in [0.5, 0.6) is 0 Å². The second-order valence-corrected chi connectivity index (χ2v) is 13.0. The lowest BCUT2D eigenvalue weighted by molar-refractivity contribution is -0.144. The van der Waals surface area contributed by atoms with Crippen LogP contribution in [0.1, 0.15) is 53.9 Å². The van der Waals surface area contributed by atoms with Crippen molar-refractivity contribution in [1.29, 1.82) is 0 Å². The van der Waals surface area contributed by atoms with Gasteiger partial charge in [0.15, 0.2) is 5.78 Å². The fraction of sp³-hybridized carbons (Fsp3) is 0.645. The topological polar surface area (TPSA) is 31.7 Å². The smallest absolute Gasteiger partial charge is 0.160 e. The summed E-state index contributed by atoms with van der Waals surface area (Å²) in [5.74, 6) is 1.53. The van der Waals surface area contributed by atoms with E-state index in [4.69, 9.17) is 0 Å². The molecule has 4 fully saturated rings. The lowest BCUT2D eigenvalue weighted by atomic mass is 9.63. The van der Waals surface area contributed by atoms with Crippen molar-refractivity contribution in [3.63, 3.8) is 0 Å². The van der Waals surface area contributed by atoms with Gasteiger partial charge in [-0.25, -0.2) is 0 Å². The van der Waals surface area contributed by atoms with Gasteiger partial charge in [0.1, 0.15) is 0 Å². The predicted molar refractivity (Wildman–Crippen MR) is 147 cm³/mol. The fourth-order valence-electron chi connectivity index (χ4n) is 8.47. The van der Waals surface area contributed by atoms with Crippen molar-refractivity contribution in [3.8, 4) is 5.69 Å². The first-order valence-corrected chi connectivity index (χ1v) is 14.2. The highest BCUT2D eigenvalue weighted by Gasteiger charge is 2.81. The number of piperazine rings is 1. The molecule has 0 bridgehead atoms. The first-order chi connectivity index (χ1) is 17.2. The predicted octanol–water partition coefficient (Wildman–Crippen LogP) is 5.09. The Morgan fingerprint density at radius 2 is 1.50 bits per heavy atom. The van der Waals surface area contributed by atoms with Gasteiger partial charge in [-0.1, -0.05) is 20.8 Å². The maximum atomic E-state index is 14.7. The molecular formula is C31H44N4O. The monoisotopic (exact) mass is 488 g/mol. The van der Waals surface area contributed by atoms with E-state index in [9.17, 15) is 4.79 Å². The summed E-state index contributed by atoms with van der Waals surface area (Å²) in [7, 11) is 0. The summed E-state index contributed by atoms with van der Waals surface area (Å²) in [4.78, 5) is 22.4. The first kappa shape index (κ1) is 24.2. The molecule has 36 heavy (non-hydrogen) atoms. The van der Waals surface area contributed by atoms with Crippen molar-refractivity contribution in [3.05, 3.63) is 48.8 Å². The summed E-state index contributed by atoms with van der Waals surface area (Å²) in [6.45, 7) is 17.9. The fourth-order valence-corrected chi connectivity index (χ4v) is 8.47. The number of fused-ring (bicyclic) bond motifs is 1. The average molecular weight is 489 g/mol. The molecule has 6 rings (SSSR count). The number of Topliss-reactive ketones (excluding diaryl/α,β-unsaturated/α-hetero) is 1. The van der Waals surface area contributed by atoms with Gasteiger partial charge in [0.2, 0.25) is 0 Å². The molecule has 0 spiro atoms. The van der Waals surface area contributed by atoms with E-state index >= 15 is 0 Å². The Kier molecular flexibility index (Phi) is 5.69. The number of aromatic nitrogens is 1. The Bertz CT molecular complexity index is 1100. The minimum absolute atomic E-state index is 0.0917. The van der Waals surface area contributed by atoms with Crippen LogP contribution in [0.15, 0.2) is 48.8 Å². The molecular weight excluding hydrogens is 444 g/mol. The lowest BCUT2D eigenvalue weighted by Crippen LogP contribution is -2.62. The summed E-state index contributed by atoms with van der Waals surface area (Å²) in [5.41, 5.74) is 2.10. The Morgan fingerprint density at radius 3 is 2.14 bits per heavy atom. The molecule has 4 aliphatic rings. The van der Waals surface area contributed by atoms with E-state index in [1.54, 1.807) is 0 Å². The van der Waals surface area contributed by atoms with Gasteiger partial charge in [-0.05, 0) is 86.8 Å². The summed E-state index contributed by atoms with van der Waals surface area (Å²) in [6, 6.07) is 13.6. The summed E-state index contributed by atoms with van der Waals surface area (Å²) in [5, 5.41) is 0. The third-order valence-corrected chi connectivity index (χ3v) is 10.8. The van der Waals surface area contributed by atoms with Gasteiger partial charge in [-0.15, -0.1) is 0 Å². The van der Waals surface area contributed by atoms with Crippen molar-refractivity contribution in [2.75, 3.05) is 44.2 Å². The molecule has 5 heteroatoms. The van der Waals surface area contributed by atoms with Crippen molar-refractivity contribution in [1.82, 2.24) is 14.4 Å². The number of anilines is 1. The highest BCUT2D eigenvalue weighted by molar-refractivity contribution is 5.99. The number of nitrogens with zero attached hydrogens (tertiary/aromatic N) is 4. The summed E-state index contributed by atoms with van der Waals surface area (Å²) in [6.07, 6.45) is 7.54. The van der Waals surface area contributed by atoms with Crippen LogP contribution in [0.2, 0.25) is 0 Å². The van der Waals surface area contributed by atoms with E-state index in [1.165, 1.54) is 17.8 Å². The van der Waals surface area contributed by atoms with Crippen LogP contribution in [0.3, 0.4) is 0 Å².